The van der Waals surface area contributed by atoms with Gasteiger partial charge in [-0.15, -0.1) is 0 Å². The van der Waals surface area contributed by atoms with Crippen molar-refractivity contribution in [2.75, 3.05) is 5.43 Å². The minimum Gasteiger partial charge on any atom is -0.308 e. The molecule has 0 bridgehead atoms. The number of hydrogen-bond acceptors (Lipinski definition) is 4. The van der Waals surface area contributed by atoms with Gasteiger partial charge in [-0.1, -0.05) is 11.6 Å². The summed E-state index contributed by atoms with van der Waals surface area (Å²) in [5.74, 6) is 5.85. The maximum atomic E-state index is 6.00. The predicted molar refractivity (Wildman–Crippen MR) is 58.4 cm³/mol. The van der Waals surface area contributed by atoms with E-state index in [0.29, 0.717) is 17.4 Å². The molecule has 0 aliphatic carbocycles. The fourth-order valence-corrected chi connectivity index (χ4v) is 1.39. The van der Waals surface area contributed by atoms with Crippen LogP contribution in [0, 0.1) is 0 Å². The zero-order chi connectivity index (χ0) is 10.7. The molecule has 0 saturated carbocycles. The van der Waals surface area contributed by atoms with Gasteiger partial charge in [0.2, 0.25) is 0 Å². The highest BCUT2D eigenvalue weighted by molar-refractivity contribution is 6.31. The number of nitrogens with zero attached hydrogens (tertiary/aromatic N) is 3. The van der Waals surface area contributed by atoms with Crippen LogP contribution in [0.5, 0.6) is 0 Å². The van der Waals surface area contributed by atoms with Gasteiger partial charge < -0.3 is 5.43 Å². The van der Waals surface area contributed by atoms with E-state index in [1.165, 1.54) is 0 Å². The molecule has 0 aliphatic rings. The highest BCUT2D eigenvalue weighted by Gasteiger charge is 2.04. The summed E-state index contributed by atoms with van der Waals surface area (Å²) in [7, 11) is 0. The van der Waals surface area contributed by atoms with Gasteiger partial charge >= 0.3 is 0 Å². The molecule has 5 nitrogen and oxygen atoms in total. The van der Waals surface area contributed by atoms with E-state index in [1.807, 2.05) is 12.3 Å². The lowest BCUT2D eigenvalue weighted by Crippen LogP contribution is -2.11. The third-order valence-corrected chi connectivity index (χ3v) is 2.28. The number of nitrogen functional groups attached to an aromatic ring is 1. The molecular formula is C9H10ClN5. The van der Waals surface area contributed by atoms with E-state index >= 15 is 0 Å². The Hall–Kier alpha value is -1.59. The van der Waals surface area contributed by atoms with Crippen LogP contribution in [0.25, 0.3) is 0 Å². The van der Waals surface area contributed by atoms with E-state index in [-0.39, 0.29) is 0 Å². The lowest BCUT2D eigenvalue weighted by molar-refractivity contribution is 0.673. The summed E-state index contributed by atoms with van der Waals surface area (Å²) in [6, 6.07) is 5.32. The van der Waals surface area contributed by atoms with E-state index in [2.05, 4.69) is 15.5 Å². The van der Waals surface area contributed by atoms with Crippen molar-refractivity contribution in [2.45, 2.75) is 6.54 Å². The maximum absolute atomic E-state index is 6.00. The van der Waals surface area contributed by atoms with Crippen LogP contribution in [-0.2, 0) is 6.54 Å². The molecule has 2 heterocycles. The Morgan fingerprint density at radius 1 is 1.47 bits per heavy atom. The standard InChI is InChI=1S/C9H10ClN5/c10-7-2-3-9(14-11)13-8(7)6-15-5-1-4-12-15/h1-5H,6,11H2,(H,13,14). The van der Waals surface area contributed by atoms with E-state index < -0.39 is 0 Å². The first-order valence-electron chi connectivity index (χ1n) is 4.39. The summed E-state index contributed by atoms with van der Waals surface area (Å²) < 4.78 is 1.74. The van der Waals surface area contributed by atoms with Crippen LogP contribution < -0.4 is 11.3 Å². The molecule has 0 radical (unpaired) electrons. The zero-order valence-electron chi connectivity index (χ0n) is 7.89. The molecule has 0 aromatic carbocycles. The minimum absolute atomic E-state index is 0.529. The number of nitrogens with two attached hydrogens (primary N) is 1. The average Bonchev–Trinajstić information content (AvgIpc) is 2.74. The second kappa shape index (κ2) is 4.29. The first-order chi connectivity index (χ1) is 7.29. The summed E-state index contributed by atoms with van der Waals surface area (Å²) in [6.45, 7) is 0.529. The number of pyridine rings is 1. The van der Waals surface area contributed by atoms with Crippen LogP contribution in [0.4, 0.5) is 5.82 Å². The molecular weight excluding hydrogens is 214 g/mol. The summed E-state index contributed by atoms with van der Waals surface area (Å²) in [5, 5.41) is 4.68. The molecule has 0 atom stereocenters. The van der Waals surface area contributed by atoms with Crippen LogP contribution in [0.3, 0.4) is 0 Å². The molecule has 0 fully saturated rings. The van der Waals surface area contributed by atoms with Gasteiger partial charge in [0, 0.05) is 12.4 Å². The Bertz CT molecular complexity index is 440. The fourth-order valence-electron chi connectivity index (χ4n) is 1.22. The number of hydrazine groups is 1. The lowest BCUT2D eigenvalue weighted by Gasteiger charge is -2.06. The Kier molecular flexibility index (Phi) is 2.84. The van der Waals surface area contributed by atoms with Crippen LogP contribution in [-0.4, -0.2) is 14.8 Å². The molecule has 0 spiro atoms. The minimum atomic E-state index is 0.529. The highest BCUT2D eigenvalue weighted by atomic mass is 35.5. The van der Waals surface area contributed by atoms with Gasteiger partial charge in [0.1, 0.15) is 5.82 Å². The molecule has 0 amide bonds. The van der Waals surface area contributed by atoms with Gasteiger partial charge in [-0.3, -0.25) is 4.68 Å². The van der Waals surface area contributed by atoms with Crippen molar-refractivity contribution < 1.29 is 0 Å². The molecule has 2 aromatic heterocycles. The molecule has 0 saturated heterocycles. The summed E-state index contributed by atoms with van der Waals surface area (Å²) >= 11 is 6.00. The summed E-state index contributed by atoms with van der Waals surface area (Å²) in [4.78, 5) is 4.24. The predicted octanol–water partition coefficient (Wildman–Crippen LogP) is 1.27. The average molecular weight is 224 g/mol. The van der Waals surface area contributed by atoms with Gasteiger partial charge in [-0.05, 0) is 18.2 Å². The van der Waals surface area contributed by atoms with Crippen molar-refractivity contribution in [3.8, 4) is 0 Å². The number of rotatable bonds is 3. The Morgan fingerprint density at radius 2 is 2.33 bits per heavy atom. The second-order valence-corrected chi connectivity index (χ2v) is 3.38. The van der Waals surface area contributed by atoms with Gasteiger partial charge in [-0.25, -0.2) is 10.8 Å². The van der Waals surface area contributed by atoms with Crippen molar-refractivity contribution in [1.29, 1.82) is 0 Å². The number of anilines is 1. The fraction of sp³-hybridized carbons (Fsp3) is 0.111. The van der Waals surface area contributed by atoms with E-state index in [0.717, 1.165) is 5.69 Å². The van der Waals surface area contributed by atoms with Crippen molar-refractivity contribution in [1.82, 2.24) is 14.8 Å². The van der Waals surface area contributed by atoms with Crippen LogP contribution in [0.2, 0.25) is 5.02 Å². The zero-order valence-corrected chi connectivity index (χ0v) is 8.65. The third-order valence-electron chi connectivity index (χ3n) is 1.94. The molecule has 15 heavy (non-hydrogen) atoms. The molecule has 78 valence electrons. The normalized spacial score (nSPS) is 10.3. The SMILES string of the molecule is NNc1ccc(Cl)c(Cn2cccn2)n1. The van der Waals surface area contributed by atoms with Crippen molar-refractivity contribution >= 4 is 17.4 Å². The van der Waals surface area contributed by atoms with Gasteiger partial charge in [-0.2, -0.15) is 5.10 Å². The highest BCUT2D eigenvalue weighted by Crippen LogP contribution is 2.16. The molecule has 3 N–H and O–H groups in total. The lowest BCUT2D eigenvalue weighted by atomic mass is 10.3. The molecule has 6 heteroatoms. The van der Waals surface area contributed by atoms with Gasteiger partial charge in [0.05, 0.1) is 17.3 Å². The number of nitrogens with one attached hydrogen (secondary N) is 1. The van der Waals surface area contributed by atoms with Crippen molar-refractivity contribution in [2.24, 2.45) is 5.84 Å². The molecule has 0 aliphatic heterocycles. The quantitative estimate of drug-likeness (QED) is 0.607. The number of hydrogen-bond donors (Lipinski definition) is 2. The van der Waals surface area contributed by atoms with Crippen LogP contribution in [0.1, 0.15) is 5.69 Å². The van der Waals surface area contributed by atoms with Crippen LogP contribution >= 0.6 is 11.6 Å². The topological polar surface area (TPSA) is 68.8 Å². The van der Waals surface area contributed by atoms with Gasteiger partial charge in [0.15, 0.2) is 0 Å². The Balaban J connectivity index is 2.27. The first-order valence-corrected chi connectivity index (χ1v) is 4.77. The van der Waals surface area contributed by atoms with Crippen molar-refractivity contribution in [3.63, 3.8) is 0 Å². The van der Waals surface area contributed by atoms with Crippen LogP contribution in [0.15, 0.2) is 30.6 Å². The first kappa shape index (κ1) is 9.95. The largest absolute Gasteiger partial charge is 0.308 e. The van der Waals surface area contributed by atoms with Gasteiger partial charge in [0.25, 0.3) is 0 Å². The number of aromatic nitrogens is 3. The maximum Gasteiger partial charge on any atom is 0.140 e. The molecule has 2 aromatic rings. The second-order valence-electron chi connectivity index (χ2n) is 2.97. The Labute approximate surface area is 91.8 Å². The van der Waals surface area contributed by atoms with E-state index in [1.54, 1.807) is 23.0 Å². The number of halogens is 1. The summed E-state index contributed by atoms with van der Waals surface area (Å²) in [5.41, 5.74) is 3.21. The van der Waals surface area contributed by atoms with Crippen molar-refractivity contribution in [3.05, 3.63) is 41.3 Å². The monoisotopic (exact) mass is 223 g/mol. The van der Waals surface area contributed by atoms with E-state index in [4.69, 9.17) is 17.4 Å². The third kappa shape index (κ3) is 2.26. The van der Waals surface area contributed by atoms with E-state index in [9.17, 15) is 0 Å². The summed E-state index contributed by atoms with van der Waals surface area (Å²) in [6.07, 6.45) is 3.56. The smallest absolute Gasteiger partial charge is 0.140 e. The molecule has 2 rings (SSSR count). The Morgan fingerprint density at radius 3 is 3.00 bits per heavy atom. The molecule has 0 unspecified atom stereocenters.